The number of anilines is 1. The van der Waals surface area contributed by atoms with Gasteiger partial charge in [0.1, 0.15) is 6.04 Å². The van der Waals surface area contributed by atoms with Gasteiger partial charge in [0.15, 0.2) is 4.83 Å². The summed E-state index contributed by atoms with van der Waals surface area (Å²) < 4.78 is 1.18. The number of halogens is 1. The van der Waals surface area contributed by atoms with Crippen LogP contribution in [0.3, 0.4) is 0 Å². The Labute approximate surface area is 165 Å². The molecule has 1 amide bonds. The number of carbonyl (C=O) groups is 1. The number of aryl methyl sites for hydroxylation is 1. The van der Waals surface area contributed by atoms with Crippen LogP contribution in [0, 0.1) is 5.92 Å². The highest BCUT2D eigenvalue weighted by molar-refractivity contribution is 7.18. The first-order valence-corrected chi connectivity index (χ1v) is 10.1. The van der Waals surface area contributed by atoms with E-state index in [0.29, 0.717) is 26.8 Å². The first-order chi connectivity index (χ1) is 12.9. The molecule has 2 atom stereocenters. The Morgan fingerprint density at radius 2 is 2.11 bits per heavy atom. The number of rotatable bonds is 3. The summed E-state index contributed by atoms with van der Waals surface area (Å²) in [5.41, 5.74) is 1.46. The smallest absolute Gasteiger partial charge is 0.279 e. The van der Waals surface area contributed by atoms with Crippen molar-refractivity contribution in [1.29, 1.82) is 0 Å². The largest absolute Gasteiger partial charge is 0.324 e. The minimum Gasteiger partial charge on any atom is -0.324 e. The van der Waals surface area contributed by atoms with Gasteiger partial charge in [0.05, 0.1) is 5.39 Å². The molecule has 0 aliphatic heterocycles. The van der Waals surface area contributed by atoms with Crippen LogP contribution in [0.2, 0.25) is 5.02 Å². The van der Waals surface area contributed by atoms with Gasteiger partial charge in [0.2, 0.25) is 5.91 Å². The fraction of sp³-hybridized carbons (Fsp3) is 0.368. The van der Waals surface area contributed by atoms with Crippen LogP contribution >= 0.6 is 22.9 Å². The minimum absolute atomic E-state index is 0.245. The Morgan fingerprint density at radius 1 is 1.37 bits per heavy atom. The molecule has 0 bridgehead atoms. The molecule has 4 rings (SSSR count). The average molecular weight is 403 g/mol. The number of carbonyl (C=O) groups excluding carboxylic acids is 1. The minimum atomic E-state index is -0.775. The number of thiophene rings is 1. The Balaban J connectivity index is 1.66. The summed E-state index contributed by atoms with van der Waals surface area (Å²) in [6.45, 7) is 3.87. The van der Waals surface area contributed by atoms with Gasteiger partial charge >= 0.3 is 0 Å². The molecule has 1 aromatic carbocycles. The van der Waals surface area contributed by atoms with Crippen LogP contribution in [-0.2, 0) is 17.6 Å². The number of fused-ring (bicyclic) bond motifs is 3. The maximum Gasteiger partial charge on any atom is 0.279 e. The Bertz CT molecular complexity index is 1070. The van der Waals surface area contributed by atoms with Gasteiger partial charge in [-0.25, -0.2) is 0 Å². The van der Waals surface area contributed by atoms with Gasteiger partial charge in [-0.1, -0.05) is 23.7 Å². The highest BCUT2D eigenvalue weighted by Gasteiger charge is 2.26. The molecule has 1 N–H and O–H groups in total. The second-order valence-corrected chi connectivity index (χ2v) is 8.56. The van der Waals surface area contributed by atoms with E-state index in [1.165, 1.54) is 9.56 Å². The quantitative estimate of drug-likeness (QED) is 0.722. The zero-order valence-corrected chi connectivity index (χ0v) is 16.6. The van der Waals surface area contributed by atoms with E-state index < -0.39 is 6.04 Å². The molecule has 1 aliphatic carbocycles. The van der Waals surface area contributed by atoms with E-state index in [9.17, 15) is 9.59 Å². The van der Waals surface area contributed by atoms with Crippen LogP contribution < -0.4 is 10.9 Å². The van der Waals surface area contributed by atoms with E-state index >= 15 is 0 Å². The van der Waals surface area contributed by atoms with Crippen LogP contribution in [0.5, 0.6) is 0 Å². The third-order valence-corrected chi connectivity index (χ3v) is 6.40. The first-order valence-electron chi connectivity index (χ1n) is 8.90. The van der Waals surface area contributed by atoms with E-state index in [1.54, 1.807) is 42.5 Å². The molecule has 140 valence electrons. The number of aromatic nitrogens is 3. The Kier molecular flexibility index (Phi) is 4.74. The van der Waals surface area contributed by atoms with Crippen LogP contribution in [0.4, 0.5) is 5.69 Å². The van der Waals surface area contributed by atoms with Crippen molar-refractivity contribution in [3.63, 3.8) is 0 Å². The topological polar surface area (TPSA) is 76.9 Å². The molecule has 0 fully saturated rings. The standard InChI is InChI=1S/C19H19ClN4O2S/c1-10-3-8-14-15(9-10)27-18-16(14)19(26)24(23-22-18)11(2)17(25)21-13-6-4-12(20)5-7-13/h4-7,10-11H,3,8-9H2,1-2H3,(H,21,25)/t10-,11+/m0/s1. The molecule has 1 aliphatic rings. The molecule has 0 unspecified atom stereocenters. The van der Waals surface area contributed by atoms with E-state index in [-0.39, 0.29) is 11.5 Å². The molecule has 0 saturated heterocycles. The van der Waals surface area contributed by atoms with Crippen molar-refractivity contribution in [1.82, 2.24) is 15.0 Å². The summed E-state index contributed by atoms with van der Waals surface area (Å²) in [5, 5.41) is 12.3. The average Bonchev–Trinajstić information content (AvgIpc) is 3.01. The fourth-order valence-corrected chi connectivity index (χ4v) is 4.86. The van der Waals surface area contributed by atoms with Crippen molar-refractivity contribution in [3.8, 4) is 0 Å². The Morgan fingerprint density at radius 3 is 2.85 bits per heavy atom. The van der Waals surface area contributed by atoms with Crippen molar-refractivity contribution in [3.05, 3.63) is 50.1 Å². The molecule has 0 radical (unpaired) electrons. The van der Waals surface area contributed by atoms with Gasteiger partial charge in [-0.05, 0) is 61.9 Å². The molecule has 2 heterocycles. The molecular weight excluding hydrogens is 384 g/mol. The zero-order chi connectivity index (χ0) is 19.1. The summed E-state index contributed by atoms with van der Waals surface area (Å²) >= 11 is 7.41. The third kappa shape index (κ3) is 3.37. The predicted molar refractivity (Wildman–Crippen MR) is 108 cm³/mol. The number of hydrogen-bond acceptors (Lipinski definition) is 5. The lowest BCUT2D eigenvalue weighted by Gasteiger charge is -2.17. The van der Waals surface area contributed by atoms with E-state index in [1.807, 2.05) is 0 Å². The molecule has 3 aromatic rings. The summed E-state index contributed by atoms with van der Waals surface area (Å²) in [6, 6.07) is 6.03. The Hall–Kier alpha value is -2.25. The van der Waals surface area contributed by atoms with Gasteiger partial charge in [0, 0.05) is 15.6 Å². The zero-order valence-electron chi connectivity index (χ0n) is 15.0. The maximum absolute atomic E-state index is 13.1. The third-order valence-electron chi connectivity index (χ3n) is 5.01. The van der Waals surface area contributed by atoms with Crippen LogP contribution in [0.25, 0.3) is 10.2 Å². The van der Waals surface area contributed by atoms with E-state index in [4.69, 9.17) is 11.6 Å². The fourth-order valence-electron chi connectivity index (χ4n) is 3.42. The first kappa shape index (κ1) is 18.1. The SMILES string of the molecule is C[C@H]1CCc2c(sc3nnn([C@H](C)C(=O)Nc4ccc(Cl)cc4)c(=O)c23)C1. The molecule has 27 heavy (non-hydrogen) atoms. The maximum atomic E-state index is 13.1. The lowest BCUT2D eigenvalue weighted by Crippen LogP contribution is -2.34. The number of nitrogens with one attached hydrogen (secondary N) is 1. The molecular formula is C19H19ClN4O2S. The molecule has 0 saturated carbocycles. The highest BCUT2D eigenvalue weighted by Crippen LogP contribution is 2.35. The van der Waals surface area contributed by atoms with Crippen molar-refractivity contribution in [2.75, 3.05) is 5.32 Å². The molecule has 0 spiro atoms. The summed E-state index contributed by atoms with van der Waals surface area (Å²) in [6.07, 6.45) is 2.92. The number of hydrogen-bond donors (Lipinski definition) is 1. The highest BCUT2D eigenvalue weighted by atomic mass is 35.5. The molecule has 6 nitrogen and oxygen atoms in total. The normalized spacial score (nSPS) is 17.5. The van der Waals surface area contributed by atoms with E-state index in [0.717, 1.165) is 24.8 Å². The van der Waals surface area contributed by atoms with Gasteiger partial charge in [-0.3, -0.25) is 9.59 Å². The lowest BCUT2D eigenvalue weighted by atomic mass is 9.89. The summed E-state index contributed by atoms with van der Waals surface area (Å²) in [4.78, 5) is 27.5. The van der Waals surface area contributed by atoms with Crippen molar-refractivity contribution in [2.24, 2.45) is 5.92 Å². The van der Waals surface area contributed by atoms with Crippen molar-refractivity contribution >= 4 is 44.7 Å². The van der Waals surface area contributed by atoms with Crippen LogP contribution in [0.15, 0.2) is 29.1 Å². The summed E-state index contributed by atoms with van der Waals surface area (Å²) in [5.74, 6) is 0.288. The van der Waals surface area contributed by atoms with Gasteiger partial charge in [-0.2, -0.15) is 4.68 Å². The van der Waals surface area contributed by atoms with Crippen LogP contribution in [0.1, 0.15) is 36.8 Å². The van der Waals surface area contributed by atoms with Crippen LogP contribution in [-0.4, -0.2) is 20.9 Å². The van der Waals surface area contributed by atoms with Gasteiger partial charge < -0.3 is 5.32 Å². The second kappa shape index (κ2) is 7.05. The number of benzene rings is 1. The van der Waals surface area contributed by atoms with Gasteiger partial charge in [0.25, 0.3) is 5.56 Å². The summed E-state index contributed by atoms with van der Waals surface area (Å²) in [7, 11) is 0. The second-order valence-electron chi connectivity index (χ2n) is 7.04. The lowest BCUT2D eigenvalue weighted by molar-refractivity contribution is -0.119. The molecule has 2 aromatic heterocycles. The van der Waals surface area contributed by atoms with Gasteiger partial charge in [-0.15, -0.1) is 16.4 Å². The van der Waals surface area contributed by atoms with Crippen molar-refractivity contribution in [2.45, 2.75) is 39.2 Å². The number of amides is 1. The monoisotopic (exact) mass is 402 g/mol. The van der Waals surface area contributed by atoms with Crippen molar-refractivity contribution < 1.29 is 4.79 Å². The number of nitrogens with zero attached hydrogens (tertiary/aromatic N) is 3. The van der Waals surface area contributed by atoms with E-state index in [2.05, 4.69) is 22.6 Å². The molecule has 8 heteroatoms. The predicted octanol–water partition coefficient (Wildman–Crippen LogP) is 3.83.